The number of pyridine rings is 1. The highest BCUT2D eigenvalue weighted by Crippen LogP contribution is 2.36. The largest absolute Gasteiger partial charge is 0.417 e. The minimum absolute atomic E-state index is 0.0482. The van der Waals surface area contributed by atoms with E-state index in [1.807, 2.05) is 24.3 Å². The quantitative estimate of drug-likeness (QED) is 0.720. The summed E-state index contributed by atoms with van der Waals surface area (Å²) < 4.78 is 5.32. The minimum atomic E-state index is -0.480. The molecule has 3 aromatic rings. The second-order valence-electron chi connectivity index (χ2n) is 6.59. The number of carbonyl (C=O) groups excluding carboxylic acids is 1. The van der Waals surface area contributed by atoms with E-state index in [0.29, 0.717) is 23.2 Å². The van der Waals surface area contributed by atoms with Gasteiger partial charge in [-0.1, -0.05) is 31.2 Å². The number of fused-ring (bicyclic) bond motifs is 1. The Bertz CT molecular complexity index is 981. The third kappa shape index (κ3) is 2.82. The van der Waals surface area contributed by atoms with E-state index in [1.54, 1.807) is 35.5 Å². The average Bonchev–Trinajstić information content (AvgIpc) is 3.03. The minimum Gasteiger partial charge on any atom is -0.417 e. The summed E-state index contributed by atoms with van der Waals surface area (Å²) in [6, 6.07) is 12.6. The Balaban J connectivity index is 1.73. The van der Waals surface area contributed by atoms with Crippen LogP contribution in [-0.4, -0.2) is 22.3 Å². The first-order valence-corrected chi connectivity index (χ1v) is 8.37. The van der Waals surface area contributed by atoms with E-state index in [2.05, 4.69) is 11.9 Å². The number of nitrogens with zero attached hydrogens (tertiary/aromatic N) is 2. The molecule has 0 aliphatic carbocycles. The third-order valence-corrected chi connectivity index (χ3v) is 4.72. The van der Waals surface area contributed by atoms with Gasteiger partial charge in [0.15, 0.2) is 5.76 Å². The van der Waals surface area contributed by atoms with Crippen LogP contribution in [-0.2, 0) is 0 Å². The van der Waals surface area contributed by atoms with Gasteiger partial charge in [0, 0.05) is 18.9 Å². The summed E-state index contributed by atoms with van der Waals surface area (Å²) in [5.41, 5.74) is 0.523. The monoisotopic (exact) mass is 334 g/mol. The van der Waals surface area contributed by atoms with Gasteiger partial charge in [-0.15, -0.1) is 0 Å². The summed E-state index contributed by atoms with van der Waals surface area (Å²) in [5, 5.41) is 1.20. The second-order valence-corrected chi connectivity index (χ2v) is 6.59. The lowest BCUT2D eigenvalue weighted by atomic mass is 10.0. The summed E-state index contributed by atoms with van der Waals surface area (Å²) in [6.07, 6.45) is 4.38. The van der Waals surface area contributed by atoms with E-state index in [-0.39, 0.29) is 17.7 Å². The van der Waals surface area contributed by atoms with Crippen molar-refractivity contribution in [3.63, 3.8) is 0 Å². The van der Waals surface area contributed by atoms with E-state index < -0.39 is 5.63 Å². The summed E-state index contributed by atoms with van der Waals surface area (Å²) in [6.45, 7) is 2.75. The topological polar surface area (TPSA) is 63.4 Å². The molecule has 0 unspecified atom stereocenters. The van der Waals surface area contributed by atoms with Gasteiger partial charge in [-0.05, 0) is 41.5 Å². The fraction of sp³-hybridized carbons (Fsp3) is 0.250. The molecule has 1 aliphatic rings. The predicted molar refractivity (Wildman–Crippen MR) is 94.3 cm³/mol. The van der Waals surface area contributed by atoms with Crippen molar-refractivity contribution in [1.82, 2.24) is 9.88 Å². The number of hydrogen-bond acceptors (Lipinski definition) is 4. The van der Waals surface area contributed by atoms with Gasteiger partial charge in [0.05, 0.1) is 11.4 Å². The molecule has 1 aromatic carbocycles. The molecule has 5 nitrogen and oxygen atoms in total. The van der Waals surface area contributed by atoms with Crippen molar-refractivity contribution < 1.29 is 9.21 Å². The van der Waals surface area contributed by atoms with Crippen LogP contribution in [0.25, 0.3) is 10.8 Å². The van der Waals surface area contributed by atoms with E-state index >= 15 is 0 Å². The maximum atomic E-state index is 13.0. The highest BCUT2D eigenvalue weighted by molar-refractivity contribution is 5.95. The number of rotatable bonds is 2. The second kappa shape index (κ2) is 6.16. The molecule has 1 saturated heterocycles. The van der Waals surface area contributed by atoms with Crippen molar-refractivity contribution in [3.8, 4) is 0 Å². The molecule has 3 heterocycles. The van der Waals surface area contributed by atoms with Gasteiger partial charge >= 0.3 is 5.63 Å². The SMILES string of the molecule is C[C@@H]1C[C@H](c2cccnc2)N(C(=O)c2cc3ccccc3c(=O)o2)C1. The molecule has 2 atom stereocenters. The normalized spacial score (nSPS) is 20.1. The van der Waals surface area contributed by atoms with Gasteiger partial charge < -0.3 is 9.32 Å². The van der Waals surface area contributed by atoms with Gasteiger partial charge in [0.2, 0.25) is 0 Å². The van der Waals surface area contributed by atoms with Crippen molar-refractivity contribution in [2.24, 2.45) is 5.92 Å². The van der Waals surface area contributed by atoms with Gasteiger partial charge in [0.25, 0.3) is 5.91 Å². The van der Waals surface area contributed by atoms with E-state index in [1.165, 1.54) is 0 Å². The molecule has 0 radical (unpaired) electrons. The van der Waals surface area contributed by atoms with Crippen LogP contribution in [0.5, 0.6) is 0 Å². The summed E-state index contributed by atoms with van der Waals surface area (Å²) >= 11 is 0. The standard InChI is InChI=1S/C20H18N2O3/c1-13-9-17(15-6-4-8-21-11-15)22(12-13)19(23)18-10-14-5-2-3-7-16(14)20(24)25-18/h2-8,10-11,13,17H,9,12H2,1H3/t13-,17-/m1/s1. The predicted octanol–water partition coefficient (Wildman–Crippen LogP) is 3.41. The number of hydrogen-bond donors (Lipinski definition) is 0. The molecule has 0 spiro atoms. The lowest BCUT2D eigenvalue weighted by Crippen LogP contribution is -2.31. The van der Waals surface area contributed by atoms with Crippen molar-refractivity contribution in [2.45, 2.75) is 19.4 Å². The zero-order valence-corrected chi connectivity index (χ0v) is 13.9. The molecular weight excluding hydrogens is 316 g/mol. The Hall–Kier alpha value is -2.95. The van der Waals surface area contributed by atoms with E-state index in [4.69, 9.17) is 4.42 Å². The molecule has 126 valence electrons. The van der Waals surface area contributed by atoms with Crippen molar-refractivity contribution >= 4 is 16.7 Å². The molecule has 2 aromatic heterocycles. The number of amides is 1. The average molecular weight is 334 g/mol. The summed E-state index contributed by atoms with van der Waals surface area (Å²) in [4.78, 5) is 31.2. The number of aromatic nitrogens is 1. The van der Waals surface area contributed by atoms with Gasteiger partial charge in [-0.2, -0.15) is 0 Å². The molecule has 1 aliphatic heterocycles. The highest BCUT2D eigenvalue weighted by atomic mass is 16.4. The van der Waals surface area contributed by atoms with Crippen LogP contribution in [0.4, 0.5) is 0 Å². The lowest BCUT2D eigenvalue weighted by Gasteiger charge is -2.24. The first kappa shape index (κ1) is 15.6. The highest BCUT2D eigenvalue weighted by Gasteiger charge is 2.35. The van der Waals surface area contributed by atoms with Gasteiger partial charge in [-0.3, -0.25) is 9.78 Å². The van der Waals surface area contributed by atoms with Crippen LogP contribution in [0.15, 0.2) is 64.1 Å². The Kier molecular flexibility index (Phi) is 3.84. The van der Waals surface area contributed by atoms with E-state index in [0.717, 1.165) is 12.0 Å². The summed E-state index contributed by atoms with van der Waals surface area (Å²) in [5.74, 6) is 0.217. The molecular formula is C20H18N2O3. The van der Waals surface area contributed by atoms with Crippen molar-refractivity contribution in [2.75, 3.05) is 6.54 Å². The number of benzene rings is 1. The molecule has 1 amide bonds. The first-order valence-electron chi connectivity index (χ1n) is 8.37. The van der Waals surface area contributed by atoms with Gasteiger partial charge in [0.1, 0.15) is 0 Å². The lowest BCUT2D eigenvalue weighted by molar-refractivity contribution is 0.0695. The smallest absolute Gasteiger partial charge is 0.344 e. The molecule has 0 N–H and O–H groups in total. The zero-order valence-electron chi connectivity index (χ0n) is 13.9. The number of likely N-dealkylation sites (tertiary alicyclic amines) is 1. The molecule has 5 heteroatoms. The molecule has 0 bridgehead atoms. The van der Waals surface area contributed by atoms with Crippen LogP contribution in [0.3, 0.4) is 0 Å². The van der Waals surface area contributed by atoms with Crippen molar-refractivity contribution in [3.05, 3.63) is 76.6 Å². The zero-order chi connectivity index (χ0) is 17.4. The third-order valence-electron chi connectivity index (χ3n) is 4.72. The Labute approximate surface area is 144 Å². The van der Waals surface area contributed by atoms with Crippen molar-refractivity contribution in [1.29, 1.82) is 0 Å². The maximum Gasteiger partial charge on any atom is 0.344 e. The van der Waals surface area contributed by atoms with Crippen LogP contribution < -0.4 is 5.63 Å². The Morgan fingerprint density at radius 3 is 2.88 bits per heavy atom. The molecule has 25 heavy (non-hydrogen) atoms. The maximum absolute atomic E-state index is 13.0. The Morgan fingerprint density at radius 1 is 1.24 bits per heavy atom. The number of carbonyl (C=O) groups is 1. The molecule has 1 fully saturated rings. The van der Waals surface area contributed by atoms with Crippen LogP contribution in [0.2, 0.25) is 0 Å². The first-order chi connectivity index (χ1) is 12.1. The van der Waals surface area contributed by atoms with Crippen LogP contribution >= 0.6 is 0 Å². The fourth-order valence-corrected chi connectivity index (χ4v) is 3.54. The Morgan fingerprint density at radius 2 is 2.08 bits per heavy atom. The molecule has 4 rings (SSSR count). The summed E-state index contributed by atoms with van der Waals surface area (Å²) in [7, 11) is 0. The fourth-order valence-electron chi connectivity index (χ4n) is 3.54. The van der Waals surface area contributed by atoms with Crippen LogP contribution in [0, 0.1) is 5.92 Å². The molecule has 0 saturated carbocycles. The van der Waals surface area contributed by atoms with Gasteiger partial charge in [-0.25, -0.2) is 4.79 Å². The van der Waals surface area contributed by atoms with E-state index in [9.17, 15) is 9.59 Å². The van der Waals surface area contributed by atoms with Crippen LogP contribution in [0.1, 0.15) is 35.5 Å².